The first-order valence-corrected chi connectivity index (χ1v) is 12.3. The number of carbonyl (C=O) groups is 2. The molecule has 1 aromatic heterocycles. The lowest BCUT2D eigenvalue weighted by Crippen LogP contribution is -2.37. The maximum atomic E-state index is 12.7. The normalized spacial score (nSPS) is 10.6. The maximum Gasteiger partial charge on any atom is 0.416 e. The number of nitrogens with zero attached hydrogens (tertiary/aromatic N) is 2. The van der Waals surface area contributed by atoms with Crippen molar-refractivity contribution in [2.24, 2.45) is 0 Å². The van der Waals surface area contributed by atoms with Gasteiger partial charge in [0, 0.05) is 23.0 Å². The minimum Gasteiger partial charge on any atom is -0.493 e. The molecule has 0 radical (unpaired) electrons. The molecule has 1 N–H and O–H groups in total. The lowest BCUT2D eigenvalue weighted by Gasteiger charge is -2.20. The number of amides is 1. The second kappa shape index (κ2) is 12.2. The molecule has 37 heavy (non-hydrogen) atoms. The number of aromatic nitrogens is 1. The van der Waals surface area contributed by atoms with Gasteiger partial charge in [0.2, 0.25) is 5.89 Å². The highest BCUT2D eigenvalue weighted by Crippen LogP contribution is 2.23. The van der Waals surface area contributed by atoms with Crippen molar-refractivity contribution in [3.05, 3.63) is 100 Å². The average Bonchev–Trinajstić information content (AvgIpc) is 3.24. The Kier molecular flexibility index (Phi) is 8.58. The van der Waals surface area contributed by atoms with Gasteiger partial charge in [-0.3, -0.25) is 9.69 Å². The van der Waals surface area contributed by atoms with Gasteiger partial charge in [-0.05, 0) is 55.0 Å². The van der Waals surface area contributed by atoms with Crippen LogP contribution < -0.4 is 9.47 Å². The molecule has 1 heterocycles. The molecule has 0 aliphatic rings. The van der Waals surface area contributed by atoms with Crippen molar-refractivity contribution in [3.8, 4) is 23.0 Å². The van der Waals surface area contributed by atoms with E-state index in [4.69, 9.17) is 13.9 Å². The summed E-state index contributed by atoms with van der Waals surface area (Å²) in [5.41, 5.74) is 2.43. The third kappa shape index (κ3) is 7.44. The van der Waals surface area contributed by atoms with Crippen LogP contribution in [0.2, 0.25) is 0 Å². The van der Waals surface area contributed by atoms with E-state index in [-0.39, 0.29) is 6.54 Å². The predicted molar refractivity (Wildman–Crippen MR) is 141 cm³/mol. The number of halogens is 1. The smallest absolute Gasteiger partial charge is 0.416 e. The van der Waals surface area contributed by atoms with Crippen LogP contribution in [0.5, 0.6) is 11.5 Å². The summed E-state index contributed by atoms with van der Waals surface area (Å²) in [5.74, 6) is 1.08. The van der Waals surface area contributed by atoms with Gasteiger partial charge in [-0.1, -0.05) is 52.3 Å². The van der Waals surface area contributed by atoms with Crippen LogP contribution in [0.1, 0.15) is 17.0 Å². The molecule has 1 amide bonds. The Balaban J connectivity index is 1.37. The molecule has 9 heteroatoms. The first-order valence-electron chi connectivity index (χ1n) is 11.5. The van der Waals surface area contributed by atoms with Crippen molar-refractivity contribution in [1.82, 2.24) is 9.88 Å². The van der Waals surface area contributed by atoms with Gasteiger partial charge < -0.3 is 19.0 Å². The van der Waals surface area contributed by atoms with Gasteiger partial charge in [-0.2, -0.15) is 0 Å². The van der Waals surface area contributed by atoms with E-state index in [1.54, 1.807) is 48.5 Å². The van der Waals surface area contributed by atoms with Gasteiger partial charge in [-0.15, -0.1) is 0 Å². The van der Waals surface area contributed by atoms with Gasteiger partial charge in [0.15, 0.2) is 0 Å². The quantitative estimate of drug-likeness (QED) is 0.247. The number of carboxylic acids is 1. The summed E-state index contributed by atoms with van der Waals surface area (Å²) >= 11 is 3.32. The third-order valence-corrected chi connectivity index (χ3v) is 5.87. The molecule has 0 unspecified atom stereocenters. The number of aliphatic carboxylic acids is 1. The van der Waals surface area contributed by atoms with Gasteiger partial charge in [-0.25, -0.2) is 9.78 Å². The predicted octanol–water partition coefficient (Wildman–Crippen LogP) is 6.12. The van der Waals surface area contributed by atoms with Crippen molar-refractivity contribution >= 4 is 28.0 Å². The number of carbonyl (C=O) groups excluding carboxylic acids is 1. The van der Waals surface area contributed by atoms with Crippen LogP contribution in [0.3, 0.4) is 0 Å². The summed E-state index contributed by atoms with van der Waals surface area (Å²) < 4.78 is 17.8. The van der Waals surface area contributed by atoms with Crippen LogP contribution in [-0.4, -0.2) is 40.2 Å². The molecule has 0 atom stereocenters. The minimum atomic E-state index is -1.14. The second-order valence-corrected chi connectivity index (χ2v) is 9.12. The number of ether oxygens (including phenoxy) is 2. The fourth-order valence-electron chi connectivity index (χ4n) is 3.63. The monoisotopic (exact) mass is 564 g/mol. The Morgan fingerprint density at radius 2 is 1.76 bits per heavy atom. The molecule has 0 bridgehead atoms. The topological polar surface area (TPSA) is 102 Å². The van der Waals surface area contributed by atoms with Crippen LogP contribution in [0, 0.1) is 6.92 Å². The number of aryl methyl sites for hydroxylation is 1. The number of oxazole rings is 1. The molecular weight excluding hydrogens is 540 g/mol. The van der Waals surface area contributed by atoms with E-state index in [2.05, 4.69) is 20.9 Å². The molecule has 190 valence electrons. The van der Waals surface area contributed by atoms with Gasteiger partial charge in [0.1, 0.15) is 23.8 Å². The summed E-state index contributed by atoms with van der Waals surface area (Å²) in [5, 5.41) is 9.30. The fourth-order valence-corrected chi connectivity index (χ4v) is 4.01. The summed E-state index contributed by atoms with van der Waals surface area (Å²) in [4.78, 5) is 29.8. The molecule has 4 aromatic rings. The van der Waals surface area contributed by atoms with E-state index in [1.165, 1.54) is 0 Å². The summed E-state index contributed by atoms with van der Waals surface area (Å²) in [6, 6.07) is 23.6. The Morgan fingerprint density at radius 1 is 1.00 bits per heavy atom. The van der Waals surface area contributed by atoms with E-state index in [0.717, 1.165) is 26.4 Å². The zero-order chi connectivity index (χ0) is 26.2. The molecule has 4 rings (SSSR count). The highest BCUT2D eigenvalue weighted by atomic mass is 79.9. The number of hydrogen-bond acceptors (Lipinski definition) is 6. The minimum absolute atomic E-state index is 0.0408. The second-order valence-electron chi connectivity index (χ2n) is 8.21. The van der Waals surface area contributed by atoms with E-state index in [0.29, 0.717) is 36.0 Å². The van der Waals surface area contributed by atoms with Crippen molar-refractivity contribution < 1.29 is 28.6 Å². The van der Waals surface area contributed by atoms with Crippen molar-refractivity contribution in [3.63, 3.8) is 0 Å². The first kappa shape index (κ1) is 26.0. The highest BCUT2D eigenvalue weighted by Gasteiger charge is 2.20. The maximum absolute atomic E-state index is 12.7. The van der Waals surface area contributed by atoms with Crippen LogP contribution >= 0.6 is 15.9 Å². The SMILES string of the molecule is Cc1oc(-c2ccccc2)nc1CCOc1cccc(CN(CC(=O)O)C(=O)Oc2cccc(Br)c2)c1. The number of carboxylic acid groups (broad SMARTS) is 1. The van der Waals surface area contributed by atoms with Crippen molar-refractivity contribution in [2.75, 3.05) is 13.2 Å². The number of hydrogen-bond donors (Lipinski definition) is 1. The van der Waals surface area contributed by atoms with Crippen LogP contribution in [0.25, 0.3) is 11.5 Å². The fraction of sp³-hybridized carbons (Fsp3) is 0.179. The highest BCUT2D eigenvalue weighted by molar-refractivity contribution is 9.10. The van der Waals surface area contributed by atoms with Crippen LogP contribution in [0.15, 0.2) is 87.8 Å². The summed E-state index contributed by atoms with van der Waals surface area (Å²) in [6.45, 7) is 1.78. The Morgan fingerprint density at radius 3 is 2.51 bits per heavy atom. The van der Waals surface area contributed by atoms with Crippen molar-refractivity contribution in [1.29, 1.82) is 0 Å². The number of benzene rings is 3. The van der Waals surface area contributed by atoms with Gasteiger partial charge >= 0.3 is 12.1 Å². The third-order valence-electron chi connectivity index (χ3n) is 5.38. The largest absolute Gasteiger partial charge is 0.493 e. The summed E-state index contributed by atoms with van der Waals surface area (Å²) in [6.07, 6.45) is -0.209. The molecule has 0 spiro atoms. The standard InChI is InChI=1S/C28H25BrN2O6/c1-19-25(30-27(36-19)21-8-3-2-4-9-21)13-14-35-23-11-5-7-20(15-23)17-31(18-26(32)33)28(34)37-24-12-6-10-22(29)16-24/h2-12,15-16H,13-14,17-18H2,1H3,(H,32,33). The molecule has 0 aliphatic heterocycles. The van der Waals surface area contributed by atoms with Gasteiger partial charge in [0.25, 0.3) is 0 Å². The van der Waals surface area contributed by atoms with E-state index in [9.17, 15) is 14.7 Å². The van der Waals surface area contributed by atoms with Gasteiger partial charge in [0.05, 0.1) is 12.3 Å². The number of rotatable bonds is 10. The van der Waals surface area contributed by atoms with Crippen molar-refractivity contribution in [2.45, 2.75) is 19.9 Å². The zero-order valence-corrected chi connectivity index (χ0v) is 21.7. The summed E-state index contributed by atoms with van der Waals surface area (Å²) in [7, 11) is 0. The Hall–Kier alpha value is -4.11. The Bertz CT molecular complexity index is 1370. The first-order chi connectivity index (χ1) is 17.9. The van der Waals surface area contributed by atoms with Crippen LogP contribution in [0.4, 0.5) is 4.79 Å². The molecular formula is C28H25BrN2O6. The van der Waals surface area contributed by atoms with E-state index in [1.807, 2.05) is 37.3 Å². The molecule has 0 saturated carbocycles. The van der Waals surface area contributed by atoms with E-state index >= 15 is 0 Å². The van der Waals surface area contributed by atoms with Crippen LogP contribution in [-0.2, 0) is 17.8 Å². The average molecular weight is 565 g/mol. The lowest BCUT2D eigenvalue weighted by atomic mass is 10.2. The zero-order valence-electron chi connectivity index (χ0n) is 20.1. The molecule has 0 aliphatic carbocycles. The molecule has 8 nitrogen and oxygen atoms in total. The molecule has 0 fully saturated rings. The molecule has 3 aromatic carbocycles. The van der Waals surface area contributed by atoms with E-state index < -0.39 is 18.6 Å². The Labute approximate surface area is 222 Å². The lowest BCUT2D eigenvalue weighted by molar-refractivity contribution is -0.138. The molecule has 0 saturated heterocycles.